The van der Waals surface area contributed by atoms with Crippen LogP contribution in [-0.4, -0.2) is 28.1 Å². The molecule has 0 spiro atoms. The van der Waals surface area contributed by atoms with Gasteiger partial charge < -0.3 is 10.4 Å². The van der Waals surface area contributed by atoms with Crippen LogP contribution in [-0.2, 0) is 0 Å². The van der Waals surface area contributed by atoms with E-state index in [9.17, 15) is 4.79 Å². The van der Waals surface area contributed by atoms with E-state index in [1.54, 1.807) is 25.7 Å². The van der Waals surface area contributed by atoms with Crippen molar-refractivity contribution in [3.8, 4) is 0 Å². The van der Waals surface area contributed by atoms with Gasteiger partial charge in [0.25, 0.3) is 0 Å². The maximum Gasteiger partial charge on any atom is 0.374 e. The first-order valence-electron chi connectivity index (χ1n) is 7.00. The molecule has 0 atom stereocenters. The molecule has 23 heavy (non-hydrogen) atoms. The number of rotatable bonds is 5. The summed E-state index contributed by atoms with van der Waals surface area (Å²) in [6, 6.07) is 8.18. The van der Waals surface area contributed by atoms with Crippen molar-refractivity contribution in [3.63, 3.8) is 0 Å². The van der Waals surface area contributed by atoms with Crippen molar-refractivity contribution < 1.29 is 9.90 Å². The second-order valence-corrected chi connectivity index (χ2v) is 6.21. The van der Waals surface area contributed by atoms with E-state index in [4.69, 9.17) is 5.11 Å². The third kappa shape index (κ3) is 4.36. The maximum absolute atomic E-state index is 11.1. The second kappa shape index (κ2) is 8.17. The topological polar surface area (TPSA) is 75.1 Å². The smallest absolute Gasteiger partial charge is 0.374 e. The quantitative estimate of drug-likeness (QED) is 0.838. The number of carbonyl (C=O) groups is 1. The molecule has 1 heterocycles. The summed E-state index contributed by atoms with van der Waals surface area (Å²) in [5.74, 6) is -0.378. The summed E-state index contributed by atoms with van der Waals surface area (Å²) in [6.07, 6.45) is 0. The van der Waals surface area contributed by atoms with Crippen LogP contribution in [0.4, 0.5) is 5.82 Å². The van der Waals surface area contributed by atoms with Crippen LogP contribution < -0.4 is 5.32 Å². The lowest BCUT2D eigenvalue weighted by atomic mass is 10.0. The number of hydrogen-bond donors (Lipinski definition) is 2. The number of anilines is 1. The van der Waals surface area contributed by atoms with E-state index in [1.807, 2.05) is 12.1 Å². The summed E-state index contributed by atoms with van der Waals surface area (Å²) < 4.78 is 0. The highest BCUT2D eigenvalue weighted by Gasteiger charge is 2.17. The maximum atomic E-state index is 11.1. The Kier molecular flexibility index (Phi) is 6.84. The van der Waals surface area contributed by atoms with Gasteiger partial charge in [0.15, 0.2) is 0 Å². The van der Waals surface area contributed by atoms with E-state index < -0.39 is 5.97 Å². The van der Waals surface area contributed by atoms with Gasteiger partial charge in [-0.25, -0.2) is 14.8 Å². The van der Waals surface area contributed by atoms with Gasteiger partial charge in [-0.1, -0.05) is 43.8 Å². The first kappa shape index (κ1) is 19.3. The normalized spacial score (nSPS) is 10.3. The molecule has 0 saturated carbocycles. The summed E-state index contributed by atoms with van der Waals surface area (Å²) >= 11 is 1.56. The molecule has 1 aromatic carbocycles. The van der Waals surface area contributed by atoms with Gasteiger partial charge in [-0.05, 0) is 24.5 Å². The molecule has 1 aromatic heterocycles. The molecule has 0 amide bonds. The number of halogens is 1. The highest BCUT2D eigenvalue weighted by molar-refractivity contribution is 7.99. The van der Waals surface area contributed by atoms with E-state index in [-0.39, 0.29) is 18.2 Å². The summed E-state index contributed by atoms with van der Waals surface area (Å²) in [5, 5.41) is 12.0. The van der Waals surface area contributed by atoms with Gasteiger partial charge in [-0.3, -0.25) is 0 Å². The van der Waals surface area contributed by atoms with Crippen LogP contribution in [0.15, 0.2) is 34.1 Å². The molecule has 0 aliphatic rings. The Balaban J connectivity index is 0.00000264. The fraction of sp³-hybridized carbons (Fsp3) is 0.312. The summed E-state index contributed by atoms with van der Waals surface area (Å²) in [5.41, 5.74) is 1.90. The monoisotopic (exact) mass is 353 g/mol. The van der Waals surface area contributed by atoms with Gasteiger partial charge in [0.1, 0.15) is 5.82 Å². The number of nitrogens with one attached hydrogen (secondary N) is 1. The standard InChI is InChI=1S/C16H19N3O2S.ClH/c1-9(2)11-7-5-6-8-12(11)22-13-10(3)18-15(16(20)21)19-14(13)17-4;/h5-9H,1-4H3,(H,20,21)(H,17,18,19);1H. The summed E-state index contributed by atoms with van der Waals surface area (Å²) in [7, 11) is 1.73. The molecule has 124 valence electrons. The zero-order valence-corrected chi connectivity index (χ0v) is 15.1. The van der Waals surface area contributed by atoms with Crippen molar-refractivity contribution in [2.45, 2.75) is 36.5 Å². The molecule has 2 N–H and O–H groups in total. The predicted molar refractivity (Wildman–Crippen MR) is 95.2 cm³/mol. The average molecular weight is 354 g/mol. The number of benzene rings is 1. The zero-order valence-electron chi connectivity index (χ0n) is 13.5. The molecule has 0 fully saturated rings. The van der Waals surface area contributed by atoms with Gasteiger partial charge in [-0.15, -0.1) is 12.4 Å². The molecule has 0 saturated heterocycles. The molecule has 0 radical (unpaired) electrons. The van der Waals surface area contributed by atoms with Crippen LogP contribution in [0.3, 0.4) is 0 Å². The SMILES string of the molecule is CNc1nc(C(=O)O)nc(C)c1Sc1ccccc1C(C)C.Cl. The van der Waals surface area contributed by atoms with Gasteiger partial charge in [-0.2, -0.15) is 0 Å². The fourth-order valence-corrected chi connectivity index (χ4v) is 3.34. The number of nitrogens with zero attached hydrogens (tertiary/aromatic N) is 2. The Morgan fingerprint density at radius 1 is 1.26 bits per heavy atom. The largest absolute Gasteiger partial charge is 0.475 e. The highest BCUT2D eigenvalue weighted by Crippen LogP contribution is 2.38. The minimum atomic E-state index is -1.13. The van der Waals surface area contributed by atoms with Crippen molar-refractivity contribution >= 4 is 36.0 Å². The molecule has 7 heteroatoms. The lowest BCUT2D eigenvalue weighted by Gasteiger charge is -2.15. The van der Waals surface area contributed by atoms with Gasteiger partial charge in [0, 0.05) is 11.9 Å². The lowest BCUT2D eigenvalue weighted by Crippen LogP contribution is -2.09. The van der Waals surface area contributed by atoms with Crippen LogP contribution in [0.1, 0.15) is 41.6 Å². The van der Waals surface area contributed by atoms with Crippen molar-refractivity contribution in [2.75, 3.05) is 12.4 Å². The first-order chi connectivity index (χ1) is 10.4. The third-order valence-corrected chi connectivity index (χ3v) is 4.50. The molecular formula is C16H20ClN3O2S. The van der Waals surface area contributed by atoms with Crippen LogP contribution in [0.2, 0.25) is 0 Å². The molecular weight excluding hydrogens is 334 g/mol. The Labute approximate surface area is 146 Å². The summed E-state index contributed by atoms with van der Waals surface area (Å²) in [4.78, 5) is 21.2. The molecule has 0 aliphatic carbocycles. The number of aryl methyl sites for hydroxylation is 1. The molecule has 0 aliphatic heterocycles. The Morgan fingerprint density at radius 2 is 1.91 bits per heavy atom. The number of carboxylic acids is 1. The van der Waals surface area contributed by atoms with Gasteiger partial charge >= 0.3 is 5.97 Å². The Morgan fingerprint density at radius 3 is 2.48 bits per heavy atom. The van der Waals surface area contributed by atoms with Crippen molar-refractivity contribution in [1.29, 1.82) is 0 Å². The molecule has 0 unspecified atom stereocenters. The number of aromatic nitrogens is 2. The molecule has 2 aromatic rings. The fourth-order valence-electron chi connectivity index (χ4n) is 2.11. The van der Waals surface area contributed by atoms with Gasteiger partial charge in [0.05, 0.1) is 10.6 Å². The number of carboxylic acid groups (broad SMARTS) is 1. The minimum absolute atomic E-state index is 0. The van der Waals surface area contributed by atoms with Crippen LogP contribution in [0.5, 0.6) is 0 Å². The zero-order chi connectivity index (χ0) is 16.3. The number of aromatic carboxylic acids is 1. The van der Waals surface area contributed by atoms with Gasteiger partial charge in [0.2, 0.25) is 5.82 Å². The second-order valence-electron chi connectivity index (χ2n) is 5.16. The number of hydrogen-bond acceptors (Lipinski definition) is 5. The minimum Gasteiger partial charge on any atom is -0.475 e. The third-order valence-electron chi connectivity index (χ3n) is 3.22. The molecule has 2 rings (SSSR count). The lowest BCUT2D eigenvalue weighted by molar-refractivity contribution is 0.0683. The van der Waals surface area contributed by atoms with E-state index in [0.717, 1.165) is 9.79 Å². The van der Waals surface area contributed by atoms with E-state index in [2.05, 4.69) is 41.3 Å². The average Bonchev–Trinajstić information content (AvgIpc) is 2.49. The predicted octanol–water partition coefficient (Wildman–Crippen LogP) is 4.22. The van der Waals surface area contributed by atoms with Crippen LogP contribution in [0, 0.1) is 6.92 Å². The van der Waals surface area contributed by atoms with Crippen molar-refractivity contribution in [1.82, 2.24) is 9.97 Å². The van der Waals surface area contributed by atoms with Crippen molar-refractivity contribution in [2.24, 2.45) is 0 Å². The van der Waals surface area contributed by atoms with Crippen LogP contribution >= 0.6 is 24.2 Å². The Bertz CT molecular complexity index is 708. The Hall–Kier alpha value is -1.79. The van der Waals surface area contributed by atoms with E-state index in [1.165, 1.54) is 5.56 Å². The van der Waals surface area contributed by atoms with E-state index in [0.29, 0.717) is 17.4 Å². The van der Waals surface area contributed by atoms with Crippen LogP contribution in [0.25, 0.3) is 0 Å². The first-order valence-corrected chi connectivity index (χ1v) is 7.82. The van der Waals surface area contributed by atoms with E-state index >= 15 is 0 Å². The summed E-state index contributed by atoms with van der Waals surface area (Å²) in [6.45, 7) is 6.10. The highest BCUT2D eigenvalue weighted by atomic mass is 35.5. The molecule has 0 bridgehead atoms. The molecule has 5 nitrogen and oxygen atoms in total. The van der Waals surface area contributed by atoms with Crippen molar-refractivity contribution in [3.05, 3.63) is 41.3 Å².